The number of rotatable bonds is 5. The number of amides is 1. The molecule has 0 saturated carbocycles. The second-order valence-electron chi connectivity index (χ2n) is 5.60. The minimum atomic E-state index is -0.0744. The number of pyridine rings is 1. The first-order chi connectivity index (χ1) is 11.3. The van der Waals surface area contributed by atoms with E-state index in [1.54, 1.807) is 13.2 Å². The van der Waals surface area contributed by atoms with Gasteiger partial charge in [-0.2, -0.15) is 0 Å². The van der Waals surface area contributed by atoms with Crippen molar-refractivity contribution in [3.05, 3.63) is 40.2 Å². The monoisotopic (exact) mass is 331 g/mol. The molecule has 122 valence electrons. The zero-order chi connectivity index (χ0) is 16.1. The van der Waals surface area contributed by atoms with Crippen molar-refractivity contribution in [3.63, 3.8) is 0 Å². The van der Waals surface area contributed by atoms with Gasteiger partial charge in [-0.25, -0.2) is 4.98 Å². The Balaban J connectivity index is 1.60. The molecule has 1 saturated heterocycles. The lowest BCUT2D eigenvalue weighted by Crippen LogP contribution is -2.30. The number of ether oxygens (including phenoxy) is 1. The molecule has 3 heterocycles. The number of anilines is 1. The molecule has 2 aromatic heterocycles. The van der Waals surface area contributed by atoms with E-state index < -0.39 is 0 Å². The molecule has 0 aromatic carbocycles. The fourth-order valence-corrected chi connectivity index (χ4v) is 3.45. The highest BCUT2D eigenvalue weighted by Crippen LogP contribution is 2.21. The first kappa shape index (κ1) is 15.8. The van der Waals surface area contributed by atoms with E-state index in [1.807, 2.05) is 17.6 Å². The summed E-state index contributed by atoms with van der Waals surface area (Å²) in [5, 5.41) is 4.78. The second kappa shape index (κ2) is 7.46. The Morgan fingerprint density at radius 3 is 2.91 bits per heavy atom. The van der Waals surface area contributed by atoms with Crippen LogP contribution in [0.1, 0.15) is 34.5 Å². The van der Waals surface area contributed by atoms with Gasteiger partial charge in [-0.05, 0) is 37.0 Å². The van der Waals surface area contributed by atoms with Crippen LogP contribution in [0, 0.1) is 0 Å². The van der Waals surface area contributed by atoms with Gasteiger partial charge in [0.2, 0.25) is 0 Å². The SMILES string of the molecule is COc1csc(C(=O)NCc2ccnc(N3CCCCC3)c2)c1. The predicted molar refractivity (Wildman–Crippen MR) is 92.3 cm³/mol. The summed E-state index contributed by atoms with van der Waals surface area (Å²) in [4.78, 5) is 19.6. The summed E-state index contributed by atoms with van der Waals surface area (Å²) in [6.07, 6.45) is 5.57. The number of hydrogen-bond donors (Lipinski definition) is 1. The largest absolute Gasteiger partial charge is 0.496 e. The van der Waals surface area contributed by atoms with E-state index in [9.17, 15) is 4.79 Å². The minimum Gasteiger partial charge on any atom is -0.496 e. The second-order valence-corrected chi connectivity index (χ2v) is 6.51. The van der Waals surface area contributed by atoms with E-state index in [0.29, 0.717) is 11.4 Å². The van der Waals surface area contributed by atoms with Crippen molar-refractivity contribution in [1.29, 1.82) is 0 Å². The molecule has 1 aliphatic rings. The van der Waals surface area contributed by atoms with Crippen LogP contribution < -0.4 is 15.0 Å². The van der Waals surface area contributed by atoms with Crippen molar-refractivity contribution in [2.75, 3.05) is 25.1 Å². The Labute approximate surface area is 140 Å². The predicted octanol–water partition coefficient (Wildman–Crippen LogP) is 3.07. The highest BCUT2D eigenvalue weighted by Gasteiger charge is 2.13. The molecular weight excluding hydrogens is 310 g/mol. The maximum atomic E-state index is 12.2. The third-order valence-electron chi connectivity index (χ3n) is 3.98. The summed E-state index contributed by atoms with van der Waals surface area (Å²) in [5.41, 5.74) is 1.07. The summed E-state index contributed by atoms with van der Waals surface area (Å²) in [7, 11) is 1.60. The molecule has 0 aliphatic carbocycles. The Morgan fingerprint density at radius 1 is 1.35 bits per heavy atom. The first-order valence-electron chi connectivity index (χ1n) is 7.87. The van der Waals surface area contributed by atoms with E-state index in [2.05, 4.69) is 21.3 Å². The number of carbonyl (C=O) groups excluding carboxylic acids is 1. The lowest BCUT2D eigenvalue weighted by molar-refractivity contribution is 0.0954. The van der Waals surface area contributed by atoms with Crippen molar-refractivity contribution < 1.29 is 9.53 Å². The van der Waals surface area contributed by atoms with Gasteiger partial charge in [0.05, 0.1) is 12.0 Å². The number of piperidine rings is 1. The van der Waals surface area contributed by atoms with Crippen molar-refractivity contribution in [2.45, 2.75) is 25.8 Å². The molecule has 23 heavy (non-hydrogen) atoms. The van der Waals surface area contributed by atoms with Gasteiger partial charge in [-0.3, -0.25) is 4.79 Å². The summed E-state index contributed by atoms with van der Waals surface area (Å²) in [6.45, 7) is 2.64. The number of nitrogens with one attached hydrogen (secondary N) is 1. The summed E-state index contributed by atoms with van der Waals surface area (Å²) >= 11 is 1.39. The summed E-state index contributed by atoms with van der Waals surface area (Å²) < 4.78 is 5.11. The fourth-order valence-electron chi connectivity index (χ4n) is 2.68. The summed E-state index contributed by atoms with van der Waals surface area (Å²) in [6, 6.07) is 5.77. The van der Waals surface area contributed by atoms with Crippen LogP contribution in [0.25, 0.3) is 0 Å². The topological polar surface area (TPSA) is 54.5 Å². The van der Waals surface area contributed by atoms with E-state index in [-0.39, 0.29) is 5.91 Å². The van der Waals surface area contributed by atoms with Gasteiger partial charge in [-0.15, -0.1) is 11.3 Å². The number of methoxy groups -OCH3 is 1. The van der Waals surface area contributed by atoms with Crippen molar-refractivity contribution in [2.24, 2.45) is 0 Å². The van der Waals surface area contributed by atoms with Crippen LogP contribution in [0.4, 0.5) is 5.82 Å². The molecule has 0 atom stereocenters. The Morgan fingerprint density at radius 2 is 2.17 bits per heavy atom. The molecule has 0 radical (unpaired) electrons. The number of nitrogens with zero attached hydrogens (tertiary/aromatic N) is 2. The van der Waals surface area contributed by atoms with Gasteiger partial charge < -0.3 is 15.0 Å². The highest BCUT2D eigenvalue weighted by atomic mass is 32.1. The molecule has 0 spiro atoms. The van der Waals surface area contributed by atoms with E-state index >= 15 is 0 Å². The molecule has 0 bridgehead atoms. The zero-order valence-electron chi connectivity index (χ0n) is 13.2. The molecule has 3 rings (SSSR count). The fraction of sp³-hybridized carbons (Fsp3) is 0.412. The molecule has 2 aromatic rings. The van der Waals surface area contributed by atoms with Crippen molar-refractivity contribution in [3.8, 4) is 5.75 Å². The van der Waals surface area contributed by atoms with Crippen molar-refractivity contribution >= 4 is 23.1 Å². The van der Waals surface area contributed by atoms with Crippen LogP contribution in [0.3, 0.4) is 0 Å². The number of thiophene rings is 1. The molecule has 6 heteroatoms. The van der Waals surface area contributed by atoms with Gasteiger partial charge in [0.15, 0.2) is 0 Å². The number of aromatic nitrogens is 1. The molecule has 1 fully saturated rings. The third-order valence-corrected chi connectivity index (χ3v) is 4.89. The van der Waals surface area contributed by atoms with Gasteiger partial charge >= 0.3 is 0 Å². The van der Waals surface area contributed by atoms with Crippen LogP contribution in [0.2, 0.25) is 0 Å². The van der Waals surface area contributed by atoms with Gasteiger partial charge in [0, 0.05) is 37.3 Å². The van der Waals surface area contributed by atoms with Crippen LogP contribution in [0.5, 0.6) is 5.75 Å². The minimum absolute atomic E-state index is 0.0744. The zero-order valence-corrected chi connectivity index (χ0v) is 14.1. The maximum absolute atomic E-state index is 12.2. The van der Waals surface area contributed by atoms with E-state index in [4.69, 9.17) is 4.74 Å². The van der Waals surface area contributed by atoms with Crippen LogP contribution >= 0.6 is 11.3 Å². The third kappa shape index (κ3) is 4.01. The molecule has 1 amide bonds. The Kier molecular flexibility index (Phi) is 5.12. The average Bonchev–Trinajstić information content (AvgIpc) is 3.10. The van der Waals surface area contributed by atoms with Crippen LogP contribution in [-0.4, -0.2) is 31.1 Å². The van der Waals surface area contributed by atoms with Gasteiger partial charge in [-0.1, -0.05) is 0 Å². The molecule has 1 aliphatic heterocycles. The lowest BCUT2D eigenvalue weighted by Gasteiger charge is -2.27. The number of hydrogen-bond acceptors (Lipinski definition) is 5. The summed E-state index contributed by atoms with van der Waals surface area (Å²) in [5.74, 6) is 1.65. The van der Waals surface area contributed by atoms with E-state index in [1.165, 1.54) is 30.6 Å². The maximum Gasteiger partial charge on any atom is 0.261 e. The normalized spacial score (nSPS) is 14.6. The standard InChI is InChI=1S/C17H21N3O2S/c1-22-14-10-15(23-12-14)17(21)19-11-13-5-6-18-16(9-13)20-7-3-2-4-8-20/h5-6,9-10,12H,2-4,7-8,11H2,1H3,(H,19,21). The van der Waals surface area contributed by atoms with Crippen LogP contribution in [-0.2, 0) is 6.54 Å². The smallest absolute Gasteiger partial charge is 0.261 e. The molecular formula is C17H21N3O2S. The molecule has 0 unspecified atom stereocenters. The molecule has 5 nitrogen and oxygen atoms in total. The van der Waals surface area contributed by atoms with Gasteiger partial charge in [0.25, 0.3) is 5.91 Å². The van der Waals surface area contributed by atoms with Gasteiger partial charge in [0.1, 0.15) is 11.6 Å². The number of carbonyl (C=O) groups is 1. The Bertz CT molecular complexity index is 665. The lowest BCUT2D eigenvalue weighted by atomic mass is 10.1. The average molecular weight is 331 g/mol. The van der Waals surface area contributed by atoms with E-state index in [0.717, 1.165) is 30.2 Å². The van der Waals surface area contributed by atoms with Crippen molar-refractivity contribution in [1.82, 2.24) is 10.3 Å². The molecule has 1 N–H and O–H groups in total. The van der Waals surface area contributed by atoms with Crippen LogP contribution in [0.15, 0.2) is 29.8 Å². The Hall–Kier alpha value is -2.08. The first-order valence-corrected chi connectivity index (χ1v) is 8.75. The quantitative estimate of drug-likeness (QED) is 0.915. The highest BCUT2D eigenvalue weighted by molar-refractivity contribution is 7.12.